The number of hydrazone groups is 1. The van der Waals surface area contributed by atoms with Crippen LogP contribution >= 0.6 is 45.2 Å². The second kappa shape index (κ2) is 14.7. The summed E-state index contributed by atoms with van der Waals surface area (Å²) >= 11 is 4.45. The van der Waals surface area contributed by atoms with Crippen molar-refractivity contribution in [1.82, 2.24) is 16.1 Å². The number of rotatable bonds is 12. The van der Waals surface area contributed by atoms with E-state index in [-0.39, 0.29) is 18.3 Å². The molecule has 1 aliphatic rings. The fourth-order valence-electron chi connectivity index (χ4n) is 3.85. The first-order valence-corrected chi connectivity index (χ1v) is 14.6. The van der Waals surface area contributed by atoms with Gasteiger partial charge in [-0.2, -0.15) is 5.10 Å². The van der Waals surface area contributed by atoms with E-state index in [9.17, 15) is 14.7 Å². The van der Waals surface area contributed by atoms with Gasteiger partial charge in [-0.1, -0.05) is 6.07 Å². The van der Waals surface area contributed by atoms with Crippen molar-refractivity contribution in [2.24, 2.45) is 5.10 Å². The Balaban J connectivity index is 1.72. The molecule has 40 heavy (non-hydrogen) atoms. The summed E-state index contributed by atoms with van der Waals surface area (Å²) in [5.74, 6) is 0.912. The molecule has 0 aliphatic carbocycles. The van der Waals surface area contributed by atoms with Crippen LogP contribution in [0.25, 0.3) is 0 Å². The van der Waals surface area contributed by atoms with Gasteiger partial charge >= 0.3 is 12.0 Å². The Bertz CT molecular complexity index is 1300. The van der Waals surface area contributed by atoms with Crippen LogP contribution in [-0.2, 0) is 9.53 Å². The van der Waals surface area contributed by atoms with E-state index >= 15 is 0 Å². The minimum Gasteiger partial charge on any atom is -0.490 e. The van der Waals surface area contributed by atoms with Gasteiger partial charge in [0.1, 0.15) is 12.4 Å². The molecule has 4 N–H and O–H groups in total. The van der Waals surface area contributed by atoms with Gasteiger partial charge in [0.05, 0.1) is 41.2 Å². The number of methoxy groups -OCH3 is 1. The summed E-state index contributed by atoms with van der Waals surface area (Å²) in [6, 6.07) is 7.81. The van der Waals surface area contributed by atoms with Crippen LogP contribution in [0.2, 0.25) is 0 Å². The van der Waals surface area contributed by atoms with Gasteiger partial charge in [-0.3, -0.25) is 5.43 Å². The van der Waals surface area contributed by atoms with Gasteiger partial charge in [0.2, 0.25) is 0 Å². The fourth-order valence-corrected chi connectivity index (χ4v) is 5.87. The second-order valence-corrected chi connectivity index (χ2v) is 11.3. The number of ether oxygens (including phenoxy) is 4. The monoisotopic (exact) mass is 778 g/mol. The molecule has 0 spiro atoms. The van der Waals surface area contributed by atoms with Gasteiger partial charge in [0.25, 0.3) is 0 Å². The predicted molar refractivity (Wildman–Crippen MR) is 167 cm³/mol. The van der Waals surface area contributed by atoms with Crippen molar-refractivity contribution >= 4 is 63.4 Å². The number of benzene rings is 2. The van der Waals surface area contributed by atoms with Crippen LogP contribution in [0.15, 0.2) is 46.7 Å². The Morgan fingerprint density at radius 2 is 1.95 bits per heavy atom. The van der Waals surface area contributed by atoms with Crippen molar-refractivity contribution in [3.63, 3.8) is 0 Å². The molecule has 0 saturated heterocycles. The lowest BCUT2D eigenvalue weighted by Crippen LogP contribution is -2.45. The molecule has 0 radical (unpaired) electrons. The Morgan fingerprint density at radius 1 is 1.20 bits per heavy atom. The first-order chi connectivity index (χ1) is 19.0. The minimum atomic E-state index is -1.12. The summed E-state index contributed by atoms with van der Waals surface area (Å²) in [6.07, 6.45) is 0.464. The molecular formula is C27H32I2N4O7. The van der Waals surface area contributed by atoms with E-state index in [4.69, 9.17) is 18.9 Å². The topological polar surface area (TPSA) is 140 Å². The van der Waals surface area contributed by atoms with Gasteiger partial charge < -0.3 is 34.7 Å². The number of aliphatic hydroxyl groups is 1. The lowest BCUT2D eigenvalue weighted by atomic mass is 9.95. The second-order valence-electron chi connectivity index (χ2n) is 8.89. The third kappa shape index (κ3) is 8.36. The molecule has 2 atom stereocenters. The first kappa shape index (κ1) is 31.7. The zero-order valence-electron chi connectivity index (χ0n) is 22.7. The summed E-state index contributed by atoms with van der Waals surface area (Å²) in [5, 5.41) is 19.9. The van der Waals surface area contributed by atoms with E-state index in [0.717, 1.165) is 18.5 Å². The zero-order valence-corrected chi connectivity index (χ0v) is 27.0. The molecule has 216 valence electrons. The number of esters is 1. The third-order valence-corrected chi connectivity index (χ3v) is 6.91. The van der Waals surface area contributed by atoms with Crippen molar-refractivity contribution in [2.45, 2.75) is 46.1 Å². The molecule has 0 unspecified atom stereocenters. The molecule has 11 nitrogen and oxygen atoms in total. The molecule has 1 aliphatic heterocycles. The number of amides is 2. The van der Waals surface area contributed by atoms with E-state index in [2.05, 4.69) is 66.3 Å². The summed E-state index contributed by atoms with van der Waals surface area (Å²) < 4.78 is 24.4. The standard InChI is InChI=1S/C27H32I2N4O7/c1-6-38-21-10-16(24-23(26(35)37-5)15(4)31-27(36)32-24)7-8-20(21)39-13-22(34)33-30-12-17-9-18(28)11-19(29)25(17)40-14(2)3/h7-12,14,22,24,33-34H,6,13H2,1-5H3,(H2,31,32,36)/b30-12+/t22-,24+/m0/s1. The number of nitrogens with zero attached hydrogens (tertiary/aromatic N) is 1. The van der Waals surface area contributed by atoms with Gasteiger partial charge in [-0.15, -0.1) is 0 Å². The first-order valence-electron chi connectivity index (χ1n) is 12.4. The quantitative estimate of drug-likeness (QED) is 0.0828. The van der Waals surface area contributed by atoms with Crippen molar-refractivity contribution < 1.29 is 33.6 Å². The number of halogens is 2. The maximum atomic E-state index is 12.4. The number of carbonyl (C=O) groups is 2. The third-order valence-electron chi connectivity index (χ3n) is 5.49. The van der Waals surface area contributed by atoms with Crippen LogP contribution in [-0.4, -0.2) is 56.0 Å². The highest BCUT2D eigenvalue weighted by atomic mass is 127. The molecular weight excluding hydrogens is 746 g/mol. The number of allylic oxidation sites excluding steroid dienone is 1. The highest BCUT2D eigenvalue weighted by Gasteiger charge is 2.32. The number of aliphatic hydroxyl groups excluding tert-OH is 1. The number of urea groups is 1. The van der Waals surface area contributed by atoms with Crippen molar-refractivity contribution in [1.29, 1.82) is 0 Å². The molecule has 0 fully saturated rings. The highest BCUT2D eigenvalue weighted by molar-refractivity contribution is 14.1. The van der Waals surface area contributed by atoms with E-state index in [1.54, 1.807) is 31.3 Å². The number of carbonyl (C=O) groups excluding carboxylic acids is 2. The lowest BCUT2D eigenvalue weighted by molar-refractivity contribution is -0.136. The zero-order chi connectivity index (χ0) is 29.4. The molecule has 2 aromatic rings. The van der Waals surface area contributed by atoms with Gasteiger partial charge in [0.15, 0.2) is 17.7 Å². The van der Waals surface area contributed by atoms with Crippen molar-refractivity contribution in [2.75, 3.05) is 20.3 Å². The number of hydrogen-bond acceptors (Lipinski definition) is 9. The fraction of sp³-hybridized carbons (Fsp3) is 0.370. The van der Waals surface area contributed by atoms with Crippen LogP contribution in [0.5, 0.6) is 17.2 Å². The summed E-state index contributed by atoms with van der Waals surface area (Å²) in [6.45, 7) is 7.57. The molecule has 0 aromatic heterocycles. The highest BCUT2D eigenvalue weighted by Crippen LogP contribution is 2.35. The Hall–Kier alpha value is -2.79. The van der Waals surface area contributed by atoms with E-state index in [1.165, 1.54) is 7.11 Å². The Morgan fingerprint density at radius 3 is 2.62 bits per heavy atom. The van der Waals surface area contributed by atoms with Gasteiger partial charge in [-0.05, 0) is 103 Å². The molecule has 0 saturated carbocycles. The van der Waals surface area contributed by atoms with Crippen LogP contribution < -0.4 is 30.3 Å². The van der Waals surface area contributed by atoms with Gasteiger partial charge in [0, 0.05) is 14.8 Å². The SMILES string of the molecule is CCOc1cc([C@H]2NC(=O)NC(C)=C2C(=O)OC)ccc1OC[C@H](O)N/N=C/c1cc(I)cc(I)c1OC(C)C. The smallest absolute Gasteiger partial charge is 0.337 e. The number of hydrogen-bond donors (Lipinski definition) is 4. The Labute approximate surface area is 260 Å². The average molecular weight is 778 g/mol. The molecule has 0 bridgehead atoms. The molecule has 1 heterocycles. The van der Waals surface area contributed by atoms with Crippen molar-refractivity contribution in [3.8, 4) is 17.2 Å². The summed E-state index contributed by atoms with van der Waals surface area (Å²) in [4.78, 5) is 24.5. The maximum absolute atomic E-state index is 12.4. The molecule has 13 heteroatoms. The summed E-state index contributed by atoms with van der Waals surface area (Å²) in [7, 11) is 1.28. The molecule has 3 rings (SSSR count). The van der Waals surface area contributed by atoms with E-state index in [0.29, 0.717) is 29.4 Å². The summed E-state index contributed by atoms with van der Waals surface area (Å²) in [5.41, 5.74) is 4.71. The molecule has 2 aromatic carbocycles. The van der Waals surface area contributed by atoms with Crippen molar-refractivity contribution in [3.05, 3.63) is 59.9 Å². The van der Waals surface area contributed by atoms with E-state index in [1.807, 2.05) is 32.9 Å². The van der Waals surface area contributed by atoms with Crippen LogP contribution in [0.1, 0.15) is 44.9 Å². The van der Waals surface area contributed by atoms with Gasteiger partial charge in [-0.25, -0.2) is 9.59 Å². The van der Waals surface area contributed by atoms with E-state index < -0.39 is 24.3 Å². The Kier molecular flexibility index (Phi) is 11.7. The van der Waals surface area contributed by atoms with Crippen LogP contribution in [0, 0.1) is 7.14 Å². The molecule has 2 amide bonds. The maximum Gasteiger partial charge on any atom is 0.337 e. The normalized spacial score (nSPS) is 15.9. The number of nitrogens with one attached hydrogen (secondary N) is 3. The minimum absolute atomic E-state index is 0.00301. The largest absolute Gasteiger partial charge is 0.490 e. The van der Waals surface area contributed by atoms with Crippen LogP contribution in [0.3, 0.4) is 0 Å². The predicted octanol–water partition coefficient (Wildman–Crippen LogP) is 4.20. The lowest BCUT2D eigenvalue weighted by Gasteiger charge is -2.28. The average Bonchev–Trinajstić information content (AvgIpc) is 2.89. The van der Waals surface area contributed by atoms with Crippen LogP contribution in [0.4, 0.5) is 4.79 Å².